The molecule has 0 atom stereocenters. The molecule has 0 saturated heterocycles. The third kappa shape index (κ3) is 8.52. The average molecular weight is 1040 g/mol. The first-order chi connectivity index (χ1) is 40.1. The fourth-order valence-corrected chi connectivity index (χ4v) is 12.8. The van der Waals surface area contributed by atoms with Gasteiger partial charge in [0, 0.05) is 28.4 Å². The molecule has 81 heavy (non-hydrogen) atoms. The number of hydrogen-bond acceptors (Lipinski definition) is 1. The van der Waals surface area contributed by atoms with Crippen LogP contribution in [0.3, 0.4) is 0 Å². The van der Waals surface area contributed by atoms with E-state index in [4.69, 9.17) is 0 Å². The summed E-state index contributed by atoms with van der Waals surface area (Å²) in [5, 5.41) is 5.94. The lowest BCUT2D eigenvalue weighted by molar-refractivity contribution is 0.774. The summed E-state index contributed by atoms with van der Waals surface area (Å²) in [4.78, 5) is 0. The normalized spacial score (nSPS) is 14.4. The van der Waals surface area contributed by atoms with E-state index in [2.05, 4.69) is 333 Å². The predicted molar refractivity (Wildman–Crippen MR) is 342 cm³/mol. The van der Waals surface area contributed by atoms with E-state index in [9.17, 15) is 0 Å². The molecule has 2 nitrogen and oxygen atoms in total. The SMILES string of the molecule is C/C=C(\C)N/C=C/C=C1\C(=C/c2ccc3c(c2)C(=C(c2ccccc2)c2ccccc2)c2ccccc2-3)C(c2ccccc2)(c2ccccc2)c2cc(-c3ccc4c(c3)c3ccccc3n4-c3ccc(-c4ccccc4)cc3)ccc21. The van der Waals surface area contributed by atoms with Crippen LogP contribution in [0.1, 0.15) is 63.9 Å². The van der Waals surface area contributed by atoms with Crippen molar-refractivity contribution in [3.05, 3.63) is 365 Å². The minimum Gasteiger partial charge on any atom is -0.366 e. The molecular formula is C79H58N2. The fraction of sp³-hybridized carbons (Fsp3) is 0.0380. The number of nitrogens with one attached hydrogen (secondary N) is 1. The van der Waals surface area contributed by atoms with Gasteiger partial charge in [0.1, 0.15) is 0 Å². The van der Waals surface area contributed by atoms with Crippen LogP contribution in [0.2, 0.25) is 0 Å². The first-order valence-corrected chi connectivity index (χ1v) is 28.1. The Hall–Kier alpha value is -10.3. The number of para-hydroxylation sites is 1. The van der Waals surface area contributed by atoms with Gasteiger partial charge in [0.15, 0.2) is 0 Å². The van der Waals surface area contributed by atoms with Gasteiger partial charge in [0.05, 0.1) is 16.4 Å². The van der Waals surface area contributed by atoms with Crippen LogP contribution in [0, 0.1) is 0 Å². The molecule has 2 heteroatoms. The maximum Gasteiger partial charge on any atom is 0.0713 e. The molecule has 384 valence electrons. The Labute approximate surface area is 475 Å². The van der Waals surface area contributed by atoms with Crippen LogP contribution >= 0.6 is 0 Å². The zero-order chi connectivity index (χ0) is 54.3. The zero-order valence-electron chi connectivity index (χ0n) is 45.4. The van der Waals surface area contributed by atoms with Crippen LogP contribution in [0.25, 0.3) is 83.7 Å². The second-order valence-electron chi connectivity index (χ2n) is 21.2. The Morgan fingerprint density at radius 3 is 1.64 bits per heavy atom. The molecule has 0 amide bonds. The van der Waals surface area contributed by atoms with Crippen molar-refractivity contribution >= 4 is 44.6 Å². The van der Waals surface area contributed by atoms with Crippen molar-refractivity contribution < 1.29 is 0 Å². The van der Waals surface area contributed by atoms with Crippen molar-refractivity contribution in [2.45, 2.75) is 19.3 Å². The zero-order valence-corrected chi connectivity index (χ0v) is 45.4. The molecule has 0 fully saturated rings. The maximum atomic E-state index is 3.50. The van der Waals surface area contributed by atoms with Gasteiger partial charge in [-0.15, -0.1) is 0 Å². The molecule has 11 aromatic carbocycles. The molecule has 2 aliphatic carbocycles. The van der Waals surface area contributed by atoms with Gasteiger partial charge >= 0.3 is 0 Å². The molecule has 0 bridgehead atoms. The molecule has 0 spiro atoms. The first kappa shape index (κ1) is 49.0. The van der Waals surface area contributed by atoms with E-state index < -0.39 is 5.41 Å². The number of allylic oxidation sites excluding steroid dienone is 6. The molecule has 1 N–H and O–H groups in total. The lowest BCUT2D eigenvalue weighted by atomic mass is 9.67. The van der Waals surface area contributed by atoms with Crippen molar-refractivity contribution in [2.75, 3.05) is 0 Å². The van der Waals surface area contributed by atoms with Crippen molar-refractivity contribution in [2.24, 2.45) is 0 Å². The molecule has 0 saturated carbocycles. The van der Waals surface area contributed by atoms with Gasteiger partial charge in [-0.1, -0.05) is 249 Å². The van der Waals surface area contributed by atoms with Crippen LogP contribution in [0.4, 0.5) is 0 Å². The van der Waals surface area contributed by atoms with E-state index in [1.54, 1.807) is 0 Å². The average Bonchev–Trinajstić information content (AvgIpc) is 4.10. The van der Waals surface area contributed by atoms with Crippen molar-refractivity contribution in [3.8, 4) is 39.1 Å². The predicted octanol–water partition coefficient (Wildman–Crippen LogP) is 19.9. The number of rotatable bonds is 11. The molecule has 0 aliphatic heterocycles. The highest BCUT2D eigenvalue weighted by Crippen LogP contribution is 2.59. The number of fused-ring (bicyclic) bond motifs is 7. The molecule has 1 heterocycles. The Morgan fingerprint density at radius 2 is 0.963 bits per heavy atom. The van der Waals surface area contributed by atoms with E-state index >= 15 is 0 Å². The third-order valence-corrected chi connectivity index (χ3v) is 16.6. The minimum atomic E-state index is -0.716. The van der Waals surface area contributed by atoms with Gasteiger partial charge < -0.3 is 9.88 Å². The summed E-state index contributed by atoms with van der Waals surface area (Å²) in [6.07, 6.45) is 11.1. The highest BCUT2D eigenvalue weighted by Gasteiger charge is 2.48. The van der Waals surface area contributed by atoms with E-state index in [1.165, 1.54) is 116 Å². The first-order valence-electron chi connectivity index (χ1n) is 28.1. The highest BCUT2D eigenvalue weighted by atomic mass is 15.0. The summed E-state index contributed by atoms with van der Waals surface area (Å²) in [5.74, 6) is 0. The van der Waals surface area contributed by atoms with E-state index in [0.717, 1.165) is 22.5 Å². The molecule has 12 aromatic rings. The third-order valence-electron chi connectivity index (χ3n) is 16.6. The molecular weight excluding hydrogens is 977 g/mol. The topological polar surface area (TPSA) is 17.0 Å². The van der Waals surface area contributed by atoms with Gasteiger partial charge in [-0.3, -0.25) is 0 Å². The Bertz CT molecular complexity index is 4420. The summed E-state index contributed by atoms with van der Waals surface area (Å²) in [6, 6.07) is 103. The molecule has 0 unspecified atom stereocenters. The van der Waals surface area contributed by atoms with Crippen LogP contribution in [-0.4, -0.2) is 4.57 Å². The number of benzene rings is 11. The van der Waals surface area contributed by atoms with Crippen LogP contribution in [-0.2, 0) is 5.41 Å². The molecule has 1 aromatic heterocycles. The van der Waals surface area contributed by atoms with Gasteiger partial charge in [-0.05, 0) is 174 Å². The van der Waals surface area contributed by atoms with Crippen molar-refractivity contribution in [3.63, 3.8) is 0 Å². The van der Waals surface area contributed by atoms with Crippen molar-refractivity contribution in [1.82, 2.24) is 9.88 Å². The van der Waals surface area contributed by atoms with E-state index in [1.807, 2.05) is 0 Å². The lowest BCUT2D eigenvalue weighted by Crippen LogP contribution is -2.28. The number of aromatic nitrogens is 1. The maximum absolute atomic E-state index is 3.50. The van der Waals surface area contributed by atoms with Gasteiger partial charge in [0.25, 0.3) is 0 Å². The van der Waals surface area contributed by atoms with Crippen LogP contribution in [0.15, 0.2) is 315 Å². The summed E-state index contributed by atoms with van der Waals surface area (Å²) in [6.45, 7) is 4.16. The van der Waals surface area contributed by atoms with E-state index in [-0.39, 0.29) is 0 Å². The minimum absolute atomic E-state index is 0.716. The second kappa shape index (κ2) is 20.8. The molecule has 2 aliphatic rings. The second-order valence-corrected chi connectivity index (χ2v) is 21.2. The number of nitrogens with zero attached hydrogens (tertiary/aromatic N) is 1. The standard InChI is InChI=1S/C79H58N2/c1-3-54(2)80-49-23-37-67-68-47-42-61(60-43-48-76-71(52-60)69-35-21-22-38-75(69)81(76)64-44-40-57(41-45-64)56-24-9-4-10-25-56)53-74(68)79(62-30-15-7-16-31-62,63-32-17-8-18-33-63)73(67)51-55-39-46-66-65-34-19-20-36-70(65)78(72(66)50-55)77(58-26-11-5-12-27-58)59-28-13-6-14-29-59/h3-53,80H,1-2H3/b49-23+,54-3+,67-37-,73-51+. The van der Waals surface area contributed by atoms with Crippen LogP contribution in [0.5, 0.6) is 0 Å². The Balaban J connectivity index is 0.989. The Morgan fingerprint density at radius 1 is 0.432 bits per heavy atom. The smallest absolute Gasteiger partial charge is 0.0713 e. The summed E-state index contributed by atoms with van der Waals surface area (Å²) >= 11 is 0. The summed E-state index contributed by atoms with van der Waals surface area (Å²) < 4.78 is 2.41. The van der Waals surface area contributed by atoms with Crippen molar-refractivity contribution in [1.29, 1.82) is 0 Å². The van der Waals surface area contributed by atoms with Gasteiger partial charge in [0.2, 0.25) is 0 Å². The summed E-state index contributed by atoms with van der Waals surface area (Å²) in [7, 11) is 0. The van der Waals surface area contributed by atoms with Crippen LogP contribution < -0.4 is 5.32 Å². The molecule has 0 radical (unpaired) electrons. The van der Waals surface area contributed by atoms with E-state index in [0.29, 0.717) is 0 Å². The quantitative estimate of drug-likeness (QED) is 0.137. The molecule has 14 rings (SSSR count). The summed E-state index contributed by atoms with van der Waals surface area (Å²) in [5.41, 5.74) is 26.8. The van der Waals surface area contributed by atoms with Gasteiger partial charge in [-0.2, -0.15) is 0 Å². The fourth-order valence-electron chi connectivity index (χ4n) is 12.8. The largest absolute Gasteiger partial charge is 0.366 e. The monoisotopic (exact) mass is 1030 g/mol. The lowest BCUT2D eigenvalue weighted by Gasteiger charge is -2.34. The highest BCUT2D eigenvalue weighted by molar-refractivity contribution is 6.14. The number of hydrogen-bond donors (Lipinski definition) is 1. The van der Waals surface area contributed by atoms with Gasteiger partial charge in [-0.25, -0.2) is 0 Å². The Kier molecular flexibility index (Phi) is 12.6.